The van der Waals surface area contributed by atoms with E-state index < -0.39 is 0 Å². The van der Waals surface area contributed by atoms with Crippen LogP contribution in [0.15, 0.2) is 24.5 Å². The summed E-state index contributed by atoms with van der Waals surface area (Å²) in [5.74, 6) is 0.583. The van der Waals surface area contributed by atoms with Crippen molar-refractivity contribution in [1.29, 1.82) is 0 Å². The maximum absolute atomic E-state index is 12.4. The molecule has 7 heteroatoms. The van der Waals surface area contributed by atoms with E-state index in [9.17, 15) is 9.59 Å². The van der Waals surface area contributed by atoms with Crippen LogP contribution >= 0.6 is 0 Å². The quantitative estimate of drug-likeness (QED) is 0.830. The number of hydrogen-bond donors (Lipinski definition) is 2. The summed E-state index contributed by atoms with van der Waals surface area (Å²) >= 11 is 0. The largest absolute Gasteiger partial charge is 0.352 e. The molecule has 132 valence electrons. The number of amides is 2. The molecule has 0 saturated carbocycles. The summed E-state index contributed by atoms with van der Waals surface area (Å²) in [4.78, 5) is 32.6. The van der Waals surface area contributed by atoms with Crippen molar-refractivity contribution in [3.05, 3.63) is 47.3 Å². The number of carbonyl (C=O) groups excluding carboxylic acids is 2. The van der Waals surface area contributed by atoms with E-state index in [1.54, 1.807) is 12.4 Å². The fourth-order valence-electron chi connectivity index (χ4n) is 3.07. The maximum atomic E-state index is 12.4. The highest BCUT2D eigenvalue weighted by Crippen LogP contribution is 2.20. The minimum atomic E-state index is -0.196. The summed E-state index contributed by atoms with van der Waals surface area (Å²) in [6.45, 7) is 3.59. The van der Waals surface area contributed by atoms with Gasteiger partial charge in [0.15, 0.2) is 0 Å². The molecule has 2 aromatic heterocycles. The lowest BCUT2D eigenvalue weighted by Crippen LogP contribution is -2.31. The molecule has 7 nitrogen and oxygen atoms in total. The predicted octanol–water partition coefficient (Wildman–Crippen LogP) is 1.36. The first-order valence-electron chi connectivity index (χ1n) is 8.65. The van der Waals surface area contributed by atoms with Gasteiger partial charge in [-0.1, -0.05) is 6.07 Å². The first-order chi connectivity index (χ1) is 12.1. The van der Waals surface area contributed by atoms with Gasteiger partial charge in [-0.15, -0.1) is 0 Å². The molecule has 3 heterocycles. The zero-order chi connectivity index (χ0) is 17.6. The molecule has 25 heavy (non-hydrogen) atoms. The number of aryl methyl sites for hydroxylation is 1. The summed E-state index contributed by atoms with van der Waals surface area (Å²) < 4.78 is 2.12. The monoisotopic (exact) mass is 341 g/mol. The van der Waals surface area contributed by atoms with Crippen LogP contribution in [0.4, 0.5) is 0 Å². The number of imidazole rings is 1. The fourth-order valence-corrected chi connectivity index (χ4v) is 3.07. The standard InChI is InChI=1S/C18H23N5O2/c1-13-22-17(15-6-2-3-10-23(13)15)18(25)20-9-7-16(24)21-12-14-5-4-8-19-11-14/h4-5,8,11H,2-3,6-7,9-10,12H2,1H3,(H,20,25)(H,21,24). The van der Waals surface area contributed by atoms with Gasteiger partial charge in [-0.05, 0) is 37.8 Å². The third kappa shape index (κ3) is 4.23. The van der Waals surface area contributed by atoms with Crippen molar-refractivity contribution in [2.45, 2.75) is 45.7 Å². The average molecular weight is 341 g/mol. The van der Waals surface area contributed by atoms with Crippen molar-refractivity contribution < 1.29 is 9.59 Å². The van der Waals surface area contributed by atoms with E-state index in [0.717, 1.165) is 42.9 Å². The van der Waals surface area contributed by atoms with Crippen LogP contribution < -0.4 is 10.6 Å². The van der Waals surface area contributed by atoms with Gasteiger partial charge < -0.3 is 15.2 Å². The van der Waals surface area contributed by atoms with Gasteiger partial charge in [-0.25, -0.2) is 4.98 Å². The number of pyridine rings is 1. The van der Waals surface area contributed by atoms with E-state index in [1.165, 1.54) is 0 Å². The SMILES string of the molecule is Cc1nc(C(=O)NCCC(=O)NCc2cccnc2)c2n1CCCC2. The second-order valence-corrected chi connectivity index (χ2v) is 6.21. The van der Waals surface area contributed by atoms with Gasteiger partial charge in [0.2, 0.25) is 5.91 Å². The smallest absolute Gasteiger partial charge is 0.271 e. The Labute approximate surface area is 146 Å². The Morgan fingerprint density at radius 3 is 2.96 bits per heavy atom. The second kappa shape index (κ2) is 7.92. The number of carbonyl (C=O) groups is 2. The molecule has 0 aliphatic carbocycles. The van der Waals surface area contributed by atoms with Gasteiger partial charge in [0.25, 0.3) is 5.91 Å². The highest BCUT2D eigenvalue weighted by molar-refractivity contribution is 5.93. The lowest BCUT2D eigenvalue weighted by Gasteiger charge is -2.16. The molecule has 1 aliphatic heterocycles. The van der Waals surface area contributed by atoms with Crippen molar-refractivity contribution in [2.75, 3.05) is 6.54 Å². The molecule has 0 unspecified atom stereocenters. The van der Waals surface area contributed by atoms with E-state index >= 15 is 0 Å². The highest BCUT2D eigenvalue weighted by Gasteiger charge is 2.22. The third-order valence-corrected chi connectivity index (χ3v) is 4.37. The van der Waals surface area contributed by atoms with Crippen molar-refractivity contribution in [3.8, 4) is 0 Å². The topological polar surface area (TPSA) is 88.9 Å². The normalized spacial score (nSPS) is 13.2. The fraction of sp³-hybridized carbons (Fsp3) is 0.444. The summed E-state index contributed by atoms with van der Waals surface area (Å²) in [7, 11) is 0. The molecule has 0 aromatic carbocycles. The Bertz CT molecular complexity index is 754. The first-order valence-corrected chi connectivity index (χ1v) is 8.65. The summed E-state index contributed by atoms with van der Waals surface area (Å²) in [6.07, 6.45) is 6.74. The number of hydrogen-bond acceptors (Lipinski definition) is 4. The van der Waals surface area contributed by atoms with Gasteiger partial charge in [0, 0.05) is 38.4 Å². The average Bonchev–Trinajstić information content (AvgIpc) is 2.98. The summed E-state index contributed by atoms with van der Waals surface area (Å²) in [5.41, 5.74) is 2.47. The zero-order valence-electron chi connectivity index (χ0n) is 14.4. The van der Waals surface area contributed by atoms with Crippen LogP contribution in [0, 0.1) is 6.92 Å². The summed E-state index contributed by atoms with van der Waals surface area (Å²) in [6, 6.07) is 3.73. The molecule has 0 radical (unpaired) electrons. The number of rotatable bonds is 6. The Morgan fingerprint density at radius 2 is 2.16 bits per heavy atom. The Hall–Kier alpha value is -2.70. The molecule has 2 N–H and O–H groups in total. The Morgan fingerprint density at radius 1 is 1.28 bits per heavy atom. The number of fused-ring (bicyclic) bond motifs is 1. The molecule has 3 rings (SSSR count). The van der Waals surface area contributed by atoms with Crippen LogP contribution in [0.25, 0.3) is 0 Å². The van der Waals surface area contributed by atoms with Crippen molar-refractivity contribution in [2.24, 2.45) is 0 Å². The van der Waals surface area contributed by atoms with Crippen molar-refractivity contribution in [1.82, 2.24) is 25.2 Å². The minimum absolute atomic E-state index is 0.104. The number of aromatic nitrogens is 3. The highest BCUT2D eigenvalue weighted by atomic mass is 16.2. The lowest BCUT2D eigenvalue weighted by molar-refractivity contribution is -0.121. The van der Waals surface area contributed by atoms with Gasteiger partial charge in [-0.2, -0.15) is 0 Å². The lowest BCUT2D eigenvalue weighted by atomic mass is 10.1. The van der Waals surface area contributed by atoms with Crippen LogP contribution in [0.3, 0.4) is 0 Å². The molecule has 2 amide bonds. The van der Waals surface area contributed by atoms with Crippen LogP contribution in [0.2, 0.25) is 0 Å². The van der Waals surface area contributed by atoms with Crippen LogP contribution in [-0.2, 0) is 24.3 Å². The zero-order valence-corrected chi connectivity index (χ0v) is 14.4. The maximum Gasteiger partial charge on any atom is 0.271 e. The molecule has 0 fully saturated rings. The van der Waals surface area contributed by atoms with Gasteiger partial charge in [0.05, 0.1) is 5.69 Å². The third-order valence-electron chi connectivity index (χ3n) is 4.37. The molecule has 0 bridgehead atoms. The van der Waals surface area contributed by atoms with Gasteiger partial charge in [-0.3, -0.25) is 14.6 Å². The number of nitrogens with one attached hydrogen (secondary N) is 2. The van der Waals surface area contributed by atoms with E-state index in [-0.39, 0.29) is 18.2 Å². The molecule has 1 aliphatic rings. The Balaban J connectivity index is 1.46. The second-order valence-electron chi connectivity index (χ2n) is 6.21. The van der Waals surface area contributed by atoms with Crippen LogP contribution in [0.1, 0.15) is 46.8 Å². The molecule has 0 saturated heterocycles. The molecular formula is C18H23N5O2. The van der Waals surface area contributed by atoms with Crippen LogP contribution in [0.5, 0.6) is 0 Å². The Kier molecular flexibility index (Phi) is 5.42. The predicted molar refractivity (Wildman–Crippen MR) is 92.9 cm³/mol. The van der Waals surface area contributed by atoms with E-state index in [1.807, 2.05) is 19.1 Å². The molecule has 0 atom stereocenters. The molecule has 0 spiro atoms. The molecular weight excluding hydrogens is 318 g/mol. The van der Waals surface area contributed by atoms with Gasteiger partial charge >= 0.3 is 0 Å². The van der Waals surface area contributed by atoms with E-state index in [0.29, 0.717) is 18.8 Å². The number of nitrogens with zero attached hydrogens (tertiary/aromatic N) is 3. The minimum Gasteiger partial charge on any atom is -0.352 e. The van der Waals surface area contributed by atoms with Crippen LogP contribution in [-0.4, -0.2) is 32.9 Å². The van der Waals surface area contributed by atoms with E-state index in [4.69, 9.17) is 0 Å². The van der Waals surface area contributed by atoms with Gasteiger partial charge in [0.1, 0.15) is 11.5 Å². The first kappa shape index (κ1) is 17.1. The van der Waals surface area contributed by atoms with Crippen molar-refractivity contribution in [3.63, 3.8) is 0 Å². The van der Waals surface area contributed by atoms with E-state index in [2.05, 4.69) is 25.2 Å². The molecule has 2 aromatic rings. The summed E-state index contributed by atoms with van der Waals surface area (Å²) in [5, 5.41) is 5.62. The van der Waals surface area contributed by atoms with Crippen molar-refractivity contribution >= 4 is 11.8 Å².